The van der Waals surface area contributed by atoms with Crippen LogP contribution in [0.3, 0.4) is 0 Å². The minimum absolute atomic E-state index is 0.0189. The quantitative estimate of drug-likeness (QED) is 0.380. The number of hydrogen-bond acceptors (Lipinski definition) is 5. The zero-order valence-corrected chi connectivity index (χ0v) is 12.4. The Kier molecular flexibility index (Phi) is 4.66. The fourth-order valence-electron chi connectivity index (χ4n) is 2.45. The zero-order valence-electron chi connectivity index (χ0n) is 11.6. The Balaban J connectivity index is 2.11. The van der Waals surface area contributed by atoms with Gasteiger partial charge in [0.1, 0.15) is 0 Å². The second kappa shape index (κ2) is 6.30. The Morgan fingerprint density at radius 1 is 1.57 bits per heavy atom. The van der Waals surface area contributed by atoms with E-state index in [-0.39, 0.29) is 17.3 Å². The molecule has 114 valence electrons. The van der Waals surface area contributed by atoms with Gasteiger partial charge in [0.15, 0.2) is 11.7 Å². The molecule has 2 rings (SSSR count). The number of pyridine rings is 1. The first-order chi connectivity index (χ1) is 10.0. The number of amides is 1. The molecule has 1 aromatic rings. The van der Waals surface area contributed by atoms with Gasteiger partial charge in [0.2, 0.25) is 0 Å². The number of hydrogen-bond donors (Lipinski definition) is 2. The van der Waals surface area contributed by atoms with Crippen LogP contribution in [0.2, 0.25) is 0 Å². The van der Waals surface area contributed by atoms with E-state index in [1.165, 1.54) is 24.0 Å². The smallest absolute Gasteiger partial charge is 0.256 e. The first-order valence-corrected chi connectivity index (χ1v) is 7.68. The molecule has 0 aliphatic carbocycles. The van der Waals surface area contributed by atoms with Gasteiger partial charge in [-0.05, 0) is 25.2 Å². The summed E-state index contributed by atoms with van der Waals surface area (Å²) in [5, 5.41) is 12.0. The van der Waals surface area contributed by atoms with Crippen LogP contribution in [-0.2, 0) is 0 Å². The largest absolute Gasteiger partial charge is 0.409 e. The average Bonchev–Trinajstić information content (AvgIpc) is 2.54. The molecule has 1 aromatic heterocycles. The molecular weight excluding hydrogens is 295 g/mol. The SMILES string of the molecule is CSC1(C(N)=NO)CCN(C(=O)c2ccncc2F)CC1. The number of nitrogens with zero attached hydrogens (tertiary/aromatic N) is 3. The van der Waals surface area contributed by atoms with Crippen molar-refractivity contribution in [2.24, 2.45) is 10.9 Å². The number of carbonyl (C=O) groups excluding carboxylic acids is 1. The lowest BCUT2D eigenvalue weighted by Gasteiger charge is -2.39. The van der Waals surface area contributed by atoms with Crippen molar-refractivity contribution < 1.29 is 14.4 Å². The Hall–Kier alpha value is -1.83. The van der Waals surface area contributed by atoms with Crippen molar-refractivity contribution in [1.29, 1.82) is 0 Å². The van der Waals surface area contributed by atoms with Crippen molar-refractivity contribution in [3.63, 3.8) is 0 Å². The van der Waals surface area contributed by atoms with Gasteiger partial charge in [-0.25, -0.2) is 4.39 Å². The summed E-state index contributed by atoms with van der Waals surface area (Å²) in [5.74, 6) is -0.818. The van der Waals surface area contributed by atoms with Gasteiger partial charge in [-0.15, -0.1) is 0 Å². The third-order valence-electron chi connectivity index (χ3n) is 3.83. The summed E-state index contributed by atoms with van der Waals surface area (Å²) in [4.78, 5) is 17.5. The highest BCUT2D eigenvalue weighted by atomic mass is 32.2. The minimum Gasteiger partial charge on any atom is -0.409 e. The van der Waals surface area contributed by atoms with Crippen molar-refractivity contribution in [3.05, 3.63) is 29.8 Å². The number of thioether (sulfide) groups is 1. The molecule has 0 unspecified atom stereocenters. The normalized spacial score (nSPS) is 18.6. The molecule has 1 saturated heterocycles. The number of halogens is 1. The van der Waals surface area contributed by atoms with E-state index in [1.807, 2.05) is 6.26 Å². The summed E-state index contributed by atoms with van der Waals surface area (Å²) in [6.07, 6.45) is 5.42. The minimum atomic E-state index is -0.624. The number of oxime groups is 1. The molecule has 21 heavy (non-hydrogen) atoms. The molecular formula is C13H17FN4O2S. The summed E-state index contributed by atoms with van der Waals surface area (Å²) < 4.78 is 13.1. The lowest BCUT2D eigenvalue weighted by atomic mass is 9.94. The van der Waals surface area contributed by atoms with Crippen molar-refractivity contribution >= 4 is 23.5 Å². The molecule has 0 aromatic carbocycles. The molecule has 1 amide bonds. The van der Waals surface area contributed by atoms with E-state index < -0.39 is 10.6 Å². The van der Waals surface area contributed by atoms with E-state index in [4.69, 9.17) is 10.9 Å². The molecule has 0 bridgehead atoms. The lowest BCUT2D eigenvalue weighted by molar-refractivity contribution is 0.0713. The van der Waals surface area contributed by atoms with Crippen LogP contribution in [0.4, 0.5) is 4.39 Å². The van der Waals surface area contributed by atoms with Gasteiger partial charge in [0, 0.05) is 19.3 Å². The molecule has 3 N–H and O–H groups in total. The van der Waals surface area contributed by atoms with Gasteiger partial charge in [-0.2, -0.15) is 11.8 Å². The Bertz CT molecular complexity index is 559. The molecule has 8 heteroatoms. The number of aromatic nitrogens is 1. The standard InChI is InChI=1S/C13H17FN4O2S/c1-21-13(12(15)17-20)3-6-18(7-4-13)11(19)9-2-5-16-8-10(9)14/h2,5,8,20H,3-4,6-7H2,1H3,(H2,15,17). The second-order valence-corrected chi connectivity index (χ2v) is 6.02. The van der Waals surface area contributed by atoms with Crippen LogP contribution >= 0.6 is 11.8 Å². The monoisotopic (exact) mass is 312 g/mol. The summed E-state index contributed by atoms with van der Waals surface area (Å²) in [5.41, 5.74) is 5.78. The first kappa shape index (κ1) is 15.6. The maximum Gasteiger partial charge on any atom is 0.256 e. The fraction of sp³-hybridized carbons (Fsp3) is 0.462. The summed E-state index contributed by atoms with van der Waals surface area (Å²) in [6, 6.07) is 1.37. The molecule has 0 spiro atoms. The van der Waals surface area contributed by atoms with Gasteiger partial charge in [0.05, 0.1) is 16.5 Å². The van der Waals surface area contributed by atoms with Crippen LogP contribution in [0, 0.1) is 5.82 Å². The molecule has 6 nitrogen and oxygen atoms in total. The summed E-state index contributed by atoms with van der Waals surface area (Å²) in [7, 11) is 0. The van der Waals surface area contributed by atoms with Crippen molar-refractivity contribution in [2.75, 3.05) is 19.3 Å². The van der Waals surface area contributed by atoms with E-state index in [2.05, 4.69) is 10.1 Å². The zero-order chi connectivity index (χ0) is 15.5. The maximum absolute atomic E-state index is 13.6. The van der Waals surface area contributed by atoms with Crippen LogP contribution in [0.5, 0.6) is 0 Å². The van der Waals surface area contributed by atoms with Crippen molar-refractivity contribution in [2.45, 2.75) is 17.6 Å². The first-order valence-electron chi connectivity index (χ1n) is 6.46. The van der Waals surface area contributed by atoms with Crippen LogP contribution in [0.1, 0.15) is 23.2 Å². The average molecular weight is 312 g/mol. The number of piperidine rings is 1. The number of nitrogens with two attached hydrogens (primary N) is 1. The predicted molar refractivity (Wildman–Crippen MR) is 79.0 cm³/mol. The number of likely N-dealkylation sites (tertiary alicyclic amines) is 1. The lowest BCUT2D eigenvalue weighted by Crippen LogP contribution is -2.51. The number of amidine groups is 1. The van der Waals surface area contributed by atoms with Crippen molar-refractivity contribution in [3.8, 4) is 0 Å². The molecule has 1 aliphatic rings. The van der Waals surface area contributed by atoms with E-state index in [9.17, 15) is 9.18 Å². The molecule has 0 saturated carbocycles. The van der Waals surface area contributed by atoms with E-state index in [0.29, 0.717) is 25.9 Å². The van der Waals surface area contributed by atoms with Gasteiger partial charge in [-0.1, -0.05) is 5.16 Å². The van der Waals surface area contributed by atoms with Crippen molar-refractivity contribution in [1.82, 2.24) is 9.88 Å². The van der Waals surface area contributed by atoms with Crippen LogP contribution < -0.4 is 5.73 Å². The Labute approximate surface area is 126 Å². The summed E-state index contributed by atoms with van der Waals surface area (Å²) in [6.45, 7) is 0.856. The fourth-order valence-corrected chi connectivity index (χ4v) is 3.29. The predicted octanol–water partition coefficient (Wildman–Crippen LogP) is 1.30. The molecule has 1 aliphatic heterocycles. The topological polar surface area (TPSA) is 91.8 Å². The van der Waals surface area contributed by atoms with Crippen LogP contribution in [0.15, 0.2) is 23.6 Å². The summed E-state index contributed by atoms with van der Waals surface area (Å²) >= 11 is 1.50. The molecule has 1 fully saturated rings. The molecule has 2 heterocycles. The highest BCUT2D eigenvalue weighted by Crippen LogP contribution is 2.35. The second-order valence-electron chi connectivity index (χ2n) is 4.83. The Morgan fingerprint density at radius 2 is 2.24 bits per heavy atom. The molecule has 0 atom stereocenters. The van der Waals surface area contributed by atoms with Crippen LogP contribution in [-0.4, -0.2) is 50.9 Å². The van der Waals surface area contributed by atoms with Crippen LogP contribution in [0.25, 0.3) is 0 Å². The number of carbonyl (C=O) groups is 1. The van der Waals surface area contributed by atoms with E-state index in [1.54, 1.807) is 4.90 Å². The number of rotatable bonds is 3. The molecule has 0 radical (unpaired) electrons. The van der Waals surface area contributed by atoms with Gasteiger partial charge >= 0.3 is 0 Å². The van der Waals surface area contributed by atoms with Gasteiger partial charge in [0.25, 0.3) is 5.91 Å². The maximum atomic E-state index is 13.6. The Morgan fingerprint density at radius 3 is 2.76 bits per heavy atom. The third kappa shape index (κ3) is 2.94. The highest BCUT2D eigenvalue weighted by Gasteiger charge is 2.39. The van der Waals surface area contributed by atoms with Gasteiger partial charge in [-0.3, -0.25) is 9.78 Å². The van der Waals surface area contributed by atoms with E-state index in [0.717, 1.165) is 6.20 Å². The van der Waals surface area contributed by atoms with E-state index >= 15 is 0 Å². The van der Waals surface area contributed by atoms with Gasteiger partial charge < -0.3 is 15.8 Å². The third-order valence-corrected chi connectivity index (χ3v) is 5.23. The highest BCUT2D eigenvalue weighted by molar-refractivity contribution is 8.00.